The Bertz CT molecular complexity index is 811. The van der Waals surface area contributed by atoms with Gasteiger partial charge < -0.3 is 43.0 Å². The number of hydrogen-bond acceptors (Lipinski definition) is 10. The molecule has 0 saturated heterocycles. The molecule has 0 bridgehead atoms. The fourth-order valence-corrected chi connectivity index (χ4v) is 4.96. The van der Waals surface area contributed by atoms with Crippen molar-refractivity contribution in [2.75, 3.05) is 52.9 Å². The van der Waals surface area contributed by atoms with Crippen LogP contribution in [0.1, 0.15) is 147 Å². The van der Waals surface area contributed by atoms with Crippen molar-refractivity contribution in [2.24, 2.45) is 11.3 Å². The van der Waals surface area contributed by atoms with Crippen LogP contribution in [0.15, 0.2) is 0 Å². The fourth-order valence-electron chi connectivity index (χ4n) is 4.96. The number of carbonyl (C=O) groups excluding carboxylic acids is 1. The SMILES string of the molecule is CCC(O)COC(CC)COC(CC)COC(CC)COC(CC)COC(CC)COC(CC)COC(CC)CC(C)COC(=O)C(C)(C)CC. The molecule has 10 nitrogen and oxygen atoms in total. The third-order valence-corrected chi connectivity index (χ3v) is 9.89. The Balaban J connectivity index is 4.64. The summed E-state index contributed by atoms with van der Waals surface area (Å²) in [5.74, 6) is 0.0850. The van der Waals surface area contributed by atoms with Gasteiger partial charge in [-0.3, -0.25) is 4.79 Å². The Hall–Kier alpha value is -0.850. The van der Waals surface area contributed by atoms with Crippen LogP contribution in [0, 0.1) is 11.3 Å². The molecule has 0 heterocycles. The largest absolute Gasteiger partial charge is 0.465 e. The van der Waals surface area contributed by atoms with Crippen molar-refractivity contribution in [3.05, 3.63) is 0 Å². The summed E-state index contributed by atoms with van der Waals surface area (Å²) in [6, 6.07) is 0. The summed E-state index contributed by atoms with van der Waals surface area (Å²) >= 11 is 0. The molecule has 9 unspecified atom stereocenters. The molecule has 0 aliphatic carbocycles. The maximum absolute atomic E-state index is 12.4. The summed E-state index contributed by atoms with van der Waals surface area (Å²) < 4.78 is 48.9. The van der Waals surface area contributed by atoms with Gasteiger partial charge >= 0.3 is 5.97 Å². The third-order valence-electron chi connectivity index (χ3n) is 9.89. The molecular formula is C41H82O10. The molecule has 0 spiro atoms. The van der Waals surface area contributed by atoms with Gasteiger partial charge in [0.2, 0.25) is 0 Å². The molecule has 0 saturated carbocycles. The molecule has 0 aromatic heterocycles. The first-order valence-corrected chi connectivity index (χ1v) is 20.5. The standard InChI is InChI=1S/C41H82O10/c1-13-32(42)24-44-34(15-3)26-46-36(17-5)28-48-38(19-7)30-50-39(20-8)29-49-37(18-6)27-47-35(16-4)25-45-33(14-2)22-31(10)23-51-40(43)41(11,12)21-9/h31-39,42H,13-30H2,1-12H3. The molecule has 0 fully saturated rings. The maximum Gasteiger partial charge on any atom is 0.311 e. The lowest BCUT2D eigenvalue weighted by Crippen LogP contribution is -2.33. The average molecular weight is 735 g/mol. The zero-order valence-corrected chi connectivity index (χ0v) is 35.0. The lowest BCUT2D eigenvalue weighted by atomic mass is 9.90. The van der Waals surface area contributed by atoms with Gasteiger partial charge in [0.25, 0.3) is 0 Å². The van der Waals surface area contributed by atoms with Crippen LogP contribution >= 0.6 is 0 Å². The summed E-state index contributed by atoms with van der Waals surface area (Å²) in [4.78, 5) is 12.4. The smallest absolute Gasteiger partial charge is 0.311 e. The van der Waals surface area contributed by atoms with Gasteiger partial charge in [-0.05, 0) is 84.0 Å². The molecule has 10 heteroatoms. The van der Waals surface area contributed by atoms with Crippen molar-refractivity contribution in [1.82, 2.24) is 0 Å². The van der Waals surface area contributed by atoms with E-state index in [4.69, 9.17) is 37.9 Å². The number of ether oxygens (including phenoxy) is 8. The van der Waals surface area contributed by atoms with Gasteiger partial charge in [0.15, 0.2) is 0 Å². The molecule has 51 heavy (non-hydrogen) atoms. The average Bonchev–Trinajstić information content (AvgIpc) is 3.14. The van der Waals surface area contributed by atoms with Crippen LogP contribution in [0.5, 0.6) is 0 Å². The lowest BCUT2D eigenvalue weighted by Gasteiger charge is -2.27. The topological polar surface area (TPSA) is 111 Å². The van der Waals surface area contributed by atoms with E-state index in [1.807, 2.05) is 27.7 Å². The monoisotopic (exact) mass is 735 g/mol. The van der Waals surface area contributed by atoms with Crippen molar-refractivity contribution < 1.29 is 47.8 Å². The highest BCUT2D eigenvalue weighted by molar-refractivity contribution is 5.75. The number of carbonyl (C=O) groups is 1. The van der Waals surface area contributed by atoms with Crippen LogP contribution < -0.4 is 0 Å². The molecule has 0 aromatic rings. The van der Waals surface area contributed by atoms with Gasteiger partial charge in [-0.1, -0.05) is 69.2 Å². The van der Waals surface area contributed by atoms with Gasteiger partial charge in [0.05, 0.1) is 107 Å². The zero-order chi connectivity index (χ0) is 38.7. The van der Waals surface area contributed by atoms with Gasteiger partial charge in [-0.2, -0.15) is 0 Å². The van der Waals surface area contributed by atoms with Gasteiger partial charge in [-0.15, -0.1) is 0 Å². The van der Waals surface area contributed by atoms with Crippen LogP contribution in [0.2, 0.25) is 0 Å². The minimum absolute atomic E-state index is 0.0128. The third kappa shape index (κ3) is 23.5. The van der Waals surface area contributed by atoms with Crippen LogP contribution in [0.4, 0.5) is 0 Å². The van der Waals surface area contributed by atoms with Crippen LogP contribution in [0.3, 0.4) is 0 Å². The lowest BCUT2D eigenvalue weighted by molar-refractivity contribution is -0.155. The molecule has 0 aliphatic rings. The molecular weight excluding hydrogens is 652 g/mol. The van der Waals surface area contributed by atoms with Crippen LogP contribution in [-0.4, -0.2) is 113 Å². The second-order valence-electron chi connectivity index (χ2n) is 14.8. The zero-order valence-electron chi connectivity index (χ0n) is 35.0. The molecule has 0 rings (SSSR count). The minimum atomic E-state index is -0.449. The van der Waals surface area contributed by atoms with Crippen molar-refractivity contribution in [3.8, 4) is 0 Å². The van der Waals surface area contributed by atoms with Gasteiger partial charge in [-0.25, -0.2) is 0 Å². The Kier molecular flexibility index (Phi) is 30.0. The highest BCUT2D eigenvalue weighted by Crippen LogP contribution is 2.23. The van der Waals surface area contributed by atoms with E-state index < -0.39 is 11.5 Å². The van der Waals surface area contributed by atoms with E-state index in [0.717, 1.165) is 57.8 Å². The number of aliphatic hydroxyl groups excluding tert-OH is 1. The predicted molar refractivity (Wildman–Crippen MR) is 205 cm³/mol. The predicted octanol–water partition coefficient (Wildman–Crippen LogP) is 8.33. The molecule has 1 N–H and O–H groups in total. The van der Waals surface area contributed by atoms with E-state index in [0.29, 0.717) is 59.3 Å². The Morgan fingerprint density at radius 2 is 0.765 bits per heavy atom. The van der Waals surface area contributed by atoms with Crippen molar-refractivity contribution in [2.45, 2.75) is 196 Å². The summed E-state index contributed by atoms with van der Waals surface area (Å²) in [5.41, 5.74) is -0.449. The highest BCUT2D eigenvalue weighted by Gasteiger charge is 2.28. The van der Waals surface area contributed by atoms with E-state index in [1.165, 1.54) is 0 Å². The maximum atomic E-state index is 12.4. The normalized spacial score (nSPS) is 17.7. The Morgan fingerprint density at radius 3 is 1.04 bits per heavy atom. The number of rotatable bonds is 35. The molecule has 0 radical (unpaired) electrons. The number of esters is 1. The highest BCUT2D eigenvalue weighted by atomic mass is 16.6. The first kappa shape index (κ1) is 50.1. The van der Waals surface area contributed by atoms with Crippen LogP contribution in [-0.2, 0) is 42.7 Å². The first-order chi connectivity index (χ1) is 24.4. The summed E-state index contributed by atoms with van der Waals surface area (Å²) in [5, 5.41) is 9.81. The second kappa shape index (κ2) is 30.5. The molecule has 0 aliphatic heterocycles. The second-order valence-corrected chi connectivity index (χ2v) is 14.8. The quantitative estimate of drug-likeness (QED) is 0.0638. The number of hydrogen-bond donors (Lipinski definition) is 1. The first-order valence-electron chi connectivity index (χ1n) is 20.5. The fraction of sp³-hybridized carbons (Fsp3) is 0.976. The summed E-state index contributed by atoms with van der Waals surface area (Å²) in [7, 11) is 0. The molecule has 9 atom stereocenters. The van der Waals surface area contributed by atoms with Gasteiger partial charge in [0.1, 0.15) is 0 Å². The number of aliphatic hydroxyl groups is 1. The summed E-state index contributed by atoms with van der Waals surface area (Å²) in [6.45, 7) is 28.5. The van der Waals surface area contributed by atoms with Gasteiger partial charge in [0, 0.05) is 0 Å². The van der Waals surface area contributed by atoms with E-state index in [1.54, 1.807) is 0 Å². The van der Waals surface area contributed by atoms with Crippen molar-refractivity contribution in [3.63, 3.8) is 0 Å². The van der Waals surface area contributed by atoms with E-state index >= 15 is 0 Å². The van der Waals surface area contributed by atoms with E-state index in [2.05, 4.69) is 55.4 Å². The van der Waals surface area contributed by atoms with Crippen LogP contribution in [0.25, 0.3) is 0 Å². The minimum Gasteiger partial charge on any atom is -0.465 e. The van der Waals surface area contributed by atoms with Crippen molar-refractivity contribution in [1.29, 1.82) is 0 Å². The summed E-state index contributed by atoms with van der Waals surface area (Å²) in [6.07, 6.45) is 7.74. The molecule has 306 valence electrons. The van der Waals surface area contributed by atoms with E-state index in [9.17, 15) is 9.90 Å². The van der Waals surface area contributed by atoms with E-state index in [-0.39, 0.29) is 54.6 Å². The Labute approximate surface area is 313 Å². The molecule has 0 aromatic carbocycles. The molecule has 0 amide bonds. The Morgan fingerprint density at radius 1 is 0.471 bits per heavy atom. The van der Waals surface area contributed by atoms with Crippen molar-refractivity contribution >= 4 is 5.97 Å².